The van der Waals surface area contributed by atoms with Crippen LogP contribution < -0.4 is 10.6 Å². The van der Waals surface area contributed by atoms with Crippen molar-refractivity contribution in [3.05, 3.63) is 42.4 Å². The fourth-order valence-corrected chi connectivity index (χ4v) is 5.58. The summed E-state index contributed by atoms with van der Waals surface area (Å²) >= 11 is 0. The third kappa shape index (κ3) is 3.94. The van der Waals surface area contributed by atoms with E-state index in [1.54, 1.807) is 24.9 Å². The molecule has 2 fully saturated rings. The van der Waals surface area contributed by atoms with E-state index >= 15 is 0 Å². The van der Waals surface area contributed by atoms with Crippen LogP contribution in [0.25, 0.3) is 27.9 Å². The molecule has 1 saturated heterocycles. The van der Waals surface area contributed by atoms with Crippen molar-refractivity contribution in [3.63, 3.8) is 0 Å². The lowest BCUT2D eigenvalue weighted by molar-refractivity contribution is 0.00732. The number of carbonyl (C=O) groups excluding carboxylic acids is 1. The summed E-state index contributed by atoms with van der Waals surface area (Å²) in [6.07, 6.45) is 7.45. The number of methoxy groups -OCH3 is 2. The average molecular weight is 505 g/mol. The van der Waals surface area contributed by atoms with Crippen LogP contribution in [0.4, 0.5) is 5.82 Å². The summed E-state index contributed by atoms with van der Waals surface area (Å²) in [5.41, 5.74) is 3.49. The van der Waals surface area contributed by atoms with E-state index in [0.717, 1.165) is 54.0 Å². The highest BCUT2D eigenvalue weighted by atomic mass is 16.5. The lowest BCUT2D eigenvalue weighted by Crippen LogP contribution is -2.51. The van der Waals surface area contributed by atoms with Gasteiger partial charge < -0.3 is 29.6 Å². The van der Waals surface area contributed by atoms with Gasteiger partial charge in [-0.15, -0.1) is 0 Å². The number of nitrogens with one attached hydrogen (secondary N) is 2. The molecule has 0 spiro atoms. The van der Waals surface area contributed by atoms with Crippen LogP contribution in [0.1, 0.15) is 29.2 Å². The Bertz CT molecular complexity index is 1460. The third-order valence-corrected chi connectivity index (χ3v) is 7.75. The number of fused-ring (bicyclic) bond motifs is 2. The third-order valence-electron chi connectivity index (χ3n) is 7.75. The summed E-state index contributed by atoms with van der Waals surface area (Å²) in [5.74, 6) is 0.534. The van der Waals surface area contributed by atoms with Crippen molar-refractivity contribution in [2.75, 3.05) is 46.7 Å². The maximum atomic E-state index is 13.2. The van der Waals surface area contributed by atoms with E-state index in [0.29, 0.717) is 11.2 Å². The predicted octanol–water partition coefficient (Wildman–Crippen LogP) is 2.20. The molecule has 1 aliphatic heterocycles. The molecule has 4 aromatic heterocycles. The summed E-state index contributed by atoms with van der Waals surface area (Å²) in [7, 11) is 7.37. The highest BCUT2D eigenvalue weighted by Crippen LogP contribution is 2.35. The van der Waals surface area contributed by atoms with Gasteiger partial charge in [-0.3, -0.25) is 4.79 Å². The van der Waals surface area contributed by atoms with Crippen molar-refractivity contribution in [2.24, 2.45) is 0 Å². The fourth-order valence-electron chi connectivity index (χ4n) is 5.58. The number of rotatable bonds is 7. The van der Waals surface area contributed by atoms with E-state index in [1.807, 2.05) is 25.4 Å². The molecule has 4 aromatic rings. The maximum Gasteiger partial charge on any atom is 0.257 e. The smallest absolute Gasteiger partial charge is 0.257 e. The Kier molecular flexibility index (Phi) is 6.06. The number of likely N-dealkylation sites (N-methyl/N-ethyl adjacent to an activating group) is 1. The zero-order valence-electron chi connectivity index (χ0n) is 21.5. The number of pyridine rings is 1. The van der Waals surface area contributed by atoms with E-state index in [1.165, 1.54) is 0 Å². The van der Waals surface area contributed by atoms with Crippen molar-refractivity contribution in [2.45, 2.75) is 37.1 Å². The van der Waals surface area contributed by atoms with E-state index < -0.39 is 0 Å². The number of amides is 1. The second-order valence-corrected chi connectivity index (χ2v) is 9.89. The Morgan fingerprint density at radius 2 is 1.97 bits per heavy atom. The summed E-state index contributed by atoms with van der Waals surface area (Å²) in [4.78, 5) is 25.2. The van der Waals surface area contributed by atoms with Crippen LogP contribution in [-0.4, -0.2) is 94.6 Å². The molecule has 4 atom stereocenters. The van der Waals surface area contributed by atoms with E-state index in [2.05, 4.69) is 44.5 Å². The zero-order valence-corrected chi connectivity index (χ0v) is 21.5. The molecule has 6 rings (SSSR count). The lowest BCUT2D eigenvalue weighted by atomic mass is 9.89. The number of ether oxygens (including phenoxy) is 2. The second kappa shape index (κ2) is 9.40. The van der Waals surface area contributed by atoms with Gasteiger partial charge in [-0.25, -0.2) is 9.97 Å². The Morgan fingerprint density at radius 1 is 1.14 bits per heavy atom. The second-order valence-electron chi connectivity index (χ2n) is 9.89. The van der Waals surface area contributed by atoms with Crippen molar-refractivity contribution in [1.82, 2.24) is 34.4 Å². The monoisotopic (exact) mass is 504 g/mol. The van der Waals surface area contributed by atoms with Crippen LogP contribution in [0.15, 0.2) is 36.8 Å². The van der Waals surface area contributed by atoms with Gasteiger partial charge >= 0.3 is 0 Å². The largest absolute Gasteiger partial charge is 0.379 e. The Hall–Kier alpha value is -3.54. The Labute approximate surface area is 214 Å². The van der Waals surface area contributed by atoms with Crippen LogP contribution in [0.3, 0.4) is 0 Å². The number of carbonyl (C=O) groups is 1. The quantitative estimate of drug-likeness (QED) is 0.394. The van der Waals surface area contributed by atoms with E-state index in [4.69, 9.17) is 19.4 Å². The van der Waals surface area contributed by atoms with Gasteiger partial charge in [-0.1, -0.05) is 0 Å². The number of anilines is 1. The van der Waals surface area contributed by atoms with Crippen molar-refractivity contribution in [1.29, 1.82) is 0 Å². The topological polar surface area (TPSA) is 111 Å². The molecule has 1 saturated carbocycles. The SMILES string of the molecule is CNc1cc(-c2cn([C@@H]3CN(C)C[C@H]3OC)c3ncccc23)nc2c(C(=O)NC3CC[C@@H]3OC)cnn12. The van der Waals surface area contributed by atoms with Gasteiger partial charge in [0.05, 0.1) is 36.2 Å². The van der Waals surface area contributed by atoms with Crippen LogP contribution in [0.2, 0.25) is 0 Å². The molecular weight excluding hydrogens is 472 g/mol. The minimum absolute atomic E-state index is 0.00160. The molecule has 0 bridgehead atoms. The summed E-state index contributed by atoms with van der Waals surface area (Å²) in [6.45, 7) is 1.72. The zero-order chi connectivity index (χ0) is 25.7. The number of aromatic nitrogens is 5. The van der Waals surface area contributed by atoms with E-state index in [9.17, 15) is 4.79 Å². The van der Waals surface area contributed by atoms with Gasteiger partial charge in [0.2, 0.25) is 0 Å². The number of nitrogens with zero attached hydrogens (tertiary/aromatic N) is 6. The first-order chi connectivity index (χ1) is 18.0. The number of likely N-dealkylation sites (tertiary alicyclic amines) is 1. The molecule has 2 N–H and O–H groups in total. The van der Waals surface area contributed by atoms with Crippen LogP contribution in [-0.2, 0) is 9.47 Å². The van der Waals surface area contributed by atoms with Crippen LogP contribution >= 0.6 is 0 Å². The molecule has 11 heteroatoms. The van der Waals surface area contributed by atoms with Crippen molar-refractivity contribution < 1.29 is 14.3 Å². The molecule has 11 nitrogen and oxygen atoms in total. The summed E-state index contributed by atoms with van der Waals surface area (Å²) < 4.78 is 15.1. The fraction of sp³-hybridized carbons (Fsp3) is 0.462. The van der Waals surface area contributed by atoms with Crippen LogP contribution in [0, 0.1) is 0 Å². The predicted molar refractivity (Wildman–Crippen MR) is 140 cm³/mol. The Balaban J connectivity index is 1.45. The maximum absolute atomic E-state index is 13.2. The minimum atomic E-state index is -0.200. The molecule has 1 unspecified atom stereocenters. The van der Waals surface area contributed by atoms with Crippen molar-refractivity contribution in [3.8, 4) is 11.3 Å². The number of hydrogen-bond donors (Lipinski definition) is 2. The normalized spacial score (nSPS) is 24.0. The van der Waals surface area contributed by atoms with Gasteiger partial charge in [0.1, 0.15) is 17.0 Å². The molecule has 0 radical (unpaired) electrons. The lowest BCUT2D eigenvalue weighted by Gasteiger charge is -2.35. The van der Waals surface area contributed by atoms with Gasteiger partial charge in [-0.2, -0.15) is 9.61 Å². The summed E-state index contributed by atoms with van der Waals surface area (Å²) in [5, 5.41) is 11.7. The first-order valence-electron chi connectivity index (χ1n) is 12.6. The molecule has 1 amide bonds. The number of hydrogen-bond acceptors (Lipinski definition) is 8. The van der Waals surface area contributed by atoms with E-state index in [-0.39, 0.29) is 30.2 Å². The van der Waals surface area contributed by atoms with Gasteiger partial charge in [0.25, 0.3) is 5.91 Å². The molecule has 5 heterocycles. The minimum Gasteiger partial charge on any atom is -0.379 e. The van der Waals surface area contributed by atoms with Gasteiger partial charge in [0.15, 0.2) is 5.65 Å². The van der Waals surface area contributed by atoms with Gasteiger partial charge in [0, 0.05) is 63.8 Å². The molecule has 0 aromatic carbocycles. The van der Waals surface area contributed by atoms with Crippen molar-refractivity contribution >= 4 is 28.4 Å². The average Bonchev–Trinajstić information content (AvgIpc) is 3.60. The standard InChI is InChI=1S/C26H32N8O3/c1-27-23-10-19(30-25-16(11-29-34(23)25)26(35)31-18-7-8-21(18)36-3)17-12-33(24-15(17)6-5-9-28-24)20-13-32(2)14-22(20)37-4/h5-6,9-12,18,20-22,27H,7-8,13-14H2,1-4H3,(H,31,35)/t18?,20-,21+,22-/m1/s1. The first-order valence-corrected chi connectivity index (χ1v) is 12.6. The highest BCUT2D eigenvalue weighted by molar-refractivity contribution is 6.01. The van der Waals surface area contributed by atoms with Gasteiger partial charge in [-0.05, 0) is 32.0 Å². The molecule has 1 aliphatic carbocycles. The molecule has 2 aliphatic rings. The highest BCUT2D eigenvalue weighted by Gasteiger charge is 2.35. The molecule has 194 valence electrons. The van der Waals surface area contributed by atoms with Crippen LogP contribution in [0.5, 0.6) is 0 Å². The summed E-state index contributed by atoms with van der Waals surface area (Å²) in [6, 6.07) is 6.08. The molecule has 37 heavy (non-hydrogen) atoms. The Morgan fingerprint density at radius 3 is 2.70 bits per heavy atom. The first kappa shape index (κ1) is 23.8. The molecular formula is C26H32N8O3.